The van der Waals surface area contributed by atoms with Crippen LogP contribution in [0.25, 0.3) is 0 Å². The third kappa shape index (κ3) is 2.82. The Morgan fingerprint density at radius 1 is 1.14 bits per heavy atom. The summed E-state index contributed by atoms with van der Waals surface area (Å²) in [5, 5.41) is 0. The summed E-state index contributed by atoms with van der Waals surface area (Å²) in [7, 11) is 0. The van der Waals surface area contributed by atoms with Gasteiger partial charge in [0, 0.05) is 11.4 Å². The molecule has 14 heavy (non-hydrogen) atoms. The minimum atomic E-state index is 0.745. The molecule has 1 aliphatic heterocycles. The van der Waals surface area contributed by atoms with E-state index in [1.165, 1.54) is 31.5 Å². The van der Waals surface area contributed by atoms with Gasteiger partial charge in [-0.15, -0.1) is 0 Å². The number of benzene rings is 1. The summed E-state index contributed by atoms with van der Waals surface area (Å²) in [6.45, 7) is 3.57. The second-order valence-electron chi connectivity index (χ2n) is 3.94. The molecular weight excluding hydrogens is 238 g/mol. The molecule has 0 spiro atoms. The summed E-state index contributed by atoms with van der Waals surface area (Å²) in [5.74, 6) is 0. The molecule has 2 rings (SSSR count). The molecule has 0 radical (unpaired) electrons. The Kier molecular flexibility index (Phi) is 3.60. The second kappa shape index (κ2) is 4.94. The van der Waals surface area contributed by atoms with Crippen LogP contribution >= 0.6 is 15.9 Å². The maximum absolute atomic E-state index is 3.67. The lowest BCUT2D eigenvalue weighted by Crippen LogP contribution is -2.33. The smallest absolute Gasteiger partial charge is 0.0233 e. The van der Waals surface area contributed by atoms with E-state index in [1.807, 2.05) is 0 Å². The van der Waals surface area contributed by atoms with Crippen molar-refractivity contribution < 1.29 is 0 Å². The molecule has 2 heteroatoms. The number of alkyl halides is 1. The van der Waals surface area contributed by atoms with Gasteiger partial charge in [-0.2, -0.15) is 0 Å². The number of hydrogen-bond donors (Lipinski definition) is 0. The summed E-state index contributed by atoms with van der Waals surface area (Å²) in [4.78, 5) is 3.28. The Morgan fingerprint density at radius 2 is 1.79 bits per heavy atom. The molecule has 1 saturated heterocycles. The van der Waals surface area contributed by atoms with Gasteiger partial charge in [-0.1, -0.05) is 46.3 Å². The lowest BCUT2D eigenvalue weighted by Gasteiger charge is -2.29. The molecule has 1 aromatic rings. The highest BCUT2D eigenvalue weighted by Crippen LogP contribution is 2.18. The normalized spacial score (nSPS) is 19.8. The van der Waals surface area contributed by atoms with Crippen LogP contribution in [-0.2, 0) is 6.54 Å². The molecule has 76 valence electrons. The maximum atomic E-state index is 3.67. The number of hydrogen-bond acceptors (Lipinski definition) is 1. The van der Waals surface area contributed by atoms with Crippen LogP contribution in [-0.4, -0.2) is 22.8 Å². The van der Waals surface area contributed by atoms with Crippen molar-refractivity contribution in [1.29, 1.82) is 0 Å². The van der Waals surface area contributed by atoms with E-state index in [0.717, 1.165) is 11.4 Å². The van der Waals surface area contributed by atoms with Crippen LogP contribution in [0.15, 0.2) is 30.3 Å². The topological polar surface area (TPSA) is 3.24 Å². The zero-order valence-electron chi connectivity index (χ0n) is 8.32. The molecule has 0 saturated carbocycles. The van der Waals surface area contributed by atoms with Gasteiger partial charge in [0.15, 0.2) is 0 Å². The van der Waals surface area contributed by atoms with Crippen LogP contribution < -0.4 is 0 Å². The van der Waals surface area contributed by atoms with E-state index in [4.69, 9.17) is 0 Å². The number of likely N-dealkylation sites (tertiary alicyclic amines) is 1. The number of nitrogens with zero attached hydrogens (tertiary/aromatic N) is 1. The van der Waals surface area contributed by atoms with Crippen LogP contribution in [0, 0.1) is 0 Å². The number of halogens is 1. The van der Waals surface area contributed by atoms with E-state index in [2.05, 4.69) is 51.2 Å². The van der Waals surface area contributed by atoms with E-state index in [-0.39, 0.29) is 0 Å². The van der Waals surface area contributed by atoms with Crippen molar-refractivity contribution in [1.82, 2.24) is 4.90 Å². The Bertz CT molecular complexity index is 265. The highest BCUT2D eigenvalue weighted by molar-refractivity contribution is 9.09. The fourth-order valence-corrected chi connectivity index (χ4v) is 2.31. The predicted molar refractivity (Wildman–Crippen MR) is 63.7 cm³/mol. The molecule has 0 amide bonds. The SMILES string of the molecule is BrC1CCN(Cc2ccccc2)CC1. The first kappa shape index (κ1) is 10.2. The lowest BCUT2D eigenvalue weighted by atomic mass is 10.1. The first-order valence-corrected chi connectivity index (χ1v) is 6.16. The maximum Gasteiger partial charge on any atom is 0.0233 e. The first-order valence-electron chi connectivity index (χ1n) is 5.25. The Hall–Kier alpha value is -0.340. The molecule has 0 N–H and O–H groups in total. The molecule has 1 heterocycles. The monoisotopic (exact) mass is 253 g/mol. The van der Waals surface area contributed by atoms with Gasteiger partial charge in [0.1, 0.15) is 0 Å². The van der Waals surface area contributed by atoms with Crippen molar-refractivity contribution in [2.75, 3.05) is 13.1 Å². The highest BCUT2D eigenvalue weighted by atomic mass is 79.9. The fourth-order valence-electron chi connectivity index (χ4n) is 1.90. The Morgan fingerprint density at radius 3 is 2.43 bits per heavy atom. The summed E-state index contributed by atoms with van der Waals surface area (Å²) >= 11 is 3.67. The average molecular weight is 254 g/mol. The third-order valence-corrected chi connectivity index (χ3v) is 3.68. The molecule has 0 aromatic heterocycles. The van der Waals surface area contributed by atoms with Gasteiger partial charge in [-0.25, -0.2) is 0 Å². The van der Waals surface area contributed by atoms with Crippen molar-refractivity contribution in [3.8, 4) is 0 Å². The third-order valence-electron chi connectivity index (χ3n) is 2.77. The van der Waals surface area contributed by atoms with Gasteiger partial charge >= 0.3 is 0 Å². The van der Waals surface area contributed by atoms with Gasteiger partial charge in [0.25, 0.3) is 0 Å². The zero-order valence-corrected chi connectivity index (χ0v) is 9.91. The van der Waals surface area contributed by atoms with Gasteiger partial charge < -0.3 is 0 Å². The van der Waals surface area contributed by atoms with E-state index < -0.39 is 0 Å². The van der Waals surface area contributed by atoms with Gasteiger partial charge in [0.2, 0.25) is 0 Å². The quantitative estimate of drug-likeness (QED) is 0.733. The molecule has 0 bridgehead atoms. The molecular formula is C12H16BrN. The van der Waals surface area contributed by atoms with E-state index >= 15 is 0 Å². The van der Waals surface area contributed by atoms with Crippen molar-refractivity contribution in [2.45, 2.75) is 24.2 Å². The molecule has 1 aliphatic rings. The van der Waals surface area contributed by atoms with Crippen molar-refractivity contribution >= 4 is 15.9 Å². The second-order valence-corrected chi connectivity index (χ2v) is 5.23. The summed E-state index contributed by atoms with van der Waals surface area (Å²) in [6.07, 6.45) is 2.57. The van der Waals surface area contributed by atoms with Crippen LogP contribution in [0.5, 0.6) is 0 Å². The molecule has 1 aromatic carbocycles. The average Bonchev–Trinajstić information content (AvgIpc) is 2.23. The Labute approximate surface area is 94.2 Å². The summed E-state index contributed by atoms with van der Waals surface area (Å²) < 4.78 is 0. The van der Waals surface area contributed by atoms with Crippen LogP contribution in [0.3, 0.4) is 0 Å². The molecule has 0 unspecified atom stereocenters. The van der Waals surface area contributed by atoms with Crippen molar-refractivity contribution in [3.63, 3.8) is 0 Å². The zero-order chi connectivity index (χ0) is 9.80. The van der Waals surface area contributed by atoms with Gasteiger partial charge in [-0.05, 0) is 31.5 Å². The first-order chi connectivity index (χ1) is 6.84. The van der Waals surface area contributed by atoms with Gasteiger partial charge in [-0.3, -0.25) is 4.90 Å². The minimum absolute atomic E-state index is 0.745. The van der Waals surface area contributed by atoms with E-state index in [9.17, 15) is 0 Å². The molecule has 0 atom stereocenters. The highest BCUT2D eigenvalue weighted by Gasteiger charge is 2.16. The van der Waals surface area contributed by atoms with E-state index in [0.29, 0.717) is 0 Å². The van der Waals surface area contributed by atoms with Crippen LogP contribution in [0.1, 0.15) is 18.4 Å². The van der Waals surface area contributed by atoms with Crippen LogP contribution in [0.4, 0.5) is 0 Å². The number of piperidine rings is 1. The van der Waals surface area contributed by atoms with Gasteiger partial charge in [0.05, 0.1) is 0 Å². The minimum Gasteiger partial charge on any atom is -0.299 e. The summed E-state index contributed by atoms with van der Waals surface area (Å²) in [6, 6.07) is 10.7. The van der Waals surface area contributed by atoms with Crippen LogP contribution in [0.2, 0.25) is 0 Å². The predicted octanol–water partition coefficient (Wildman–Crippen LogP) is 3.05. The Balaban J connectivity index is 1.87. The molecule has 0 aliphatic carbocycles. The van der Waals surface area contributed by atoms with Crippen molar-refractivity contribution in [3.05, 3.63) is 35.9 Å². The van der Waals surface area contributed by atoms with E-state index in [1.54, 1.807) is 0 Å². The van der Waals surface area contributed by atoms with Crippen molar-refractivity contribution in [2.24, 2.45) is 0 Å². The molecule has 1 fully saturated rings. The lowest BCUT2D eigenvalue weighted by molar-refractivity contribution is 0.226. The number of rotatable bonds is 2. The molecule has 1 nitrogen and oxygen atoms in total. The standard InChI is InChI=1S/C12H16BrN/c13-12-6-8-14(9-7-12)10-11-4-2-1-3-5-11/h1-5,12H,6-10H2. The fraction of sp³-hybridized carbons (Fsp3) is 0.500. The summed E-state index contributed by atoms with van der Waals surface area (Å²) in [5.41, 5.74) is 1.43. The largest absolute Gasteiger partial charge is 0.299 e.